The Morgan fingerprint density at radius 3 is 2.11 bits per heavy atom. The molecule has 0 bridgehead atoms. The highest BCUT2D eigenvalue weighted by molar-refractivity contribution is 5.59. The van der Waals surface area contributed by atoms with Gasteiger partial charge in [0.05, 0.1) is 18.9 Å². The minimum atomic E-state index is 0.548. The number of aromatic nitrogens is 2. The maximum atomic E-state index is 5.39. The summed E-state index contributed by atoms with van der Waals surface area (Å²) < 4.78 is 10.6. The lowest BCUT2D eigenvalue weighted by Crippen LogP contribution is -1.96. The zero-order valence-electron chi connectivity index (χ0n) is 10.6. The van der Waals surface area contributed by atoms with Gasteiger partial charge in [-0.3, -0.25) is 0 Å². The molecular formula is C14H16N2O2. The Kier molecular flexibility index (Phi) is 4.12. The van der Waals surface area contributed by atoms with Crippen LogP contribution >= 0.6 is 0 Å². The second-order valence-corrected chi connectivity index (χ2v) is 3.65. The van der Waals surface area contributed by atoms with Gasteiger partial charge in [-0.15, -0.1) is 10.2 Å². The fourth-order valence-corrected chi connectivity index (χ4v) is 1.59. The topological polar surface area (TPSA) is 44.2 Å². The SMILES string of the molecule is CCOc1ccc(-c2ccc(OCC)nn2)cc1. The summed E-state index contributed by atoms with van der Waals surface area (Å²) in [6.07, 6.45) is 0. The van der Waals surface area contributed by atoms with Gasteiger partial charge in [-0.25, -0.2) is 0 Å². The number of hydrogen-bond donors (Lipinski definition) is 0. The number of hydrogen-bond acceptors (Lipinski definition) is 4. The van der Waals surface area contributed by atoms with Crippen molar-refractivity contribution in [3.05, 3.63) is 36.4 Å². The van der Waals surface area contributed by atoms with Crippen LogP contribution in [0.4, 0.5) is 0 Å². The van der Waals surface area contributed by atoms with Gasteiger partial charge >= 0.3 is 0 Å². The number of rotatable bonds is 5. The minimum absolute atomic E-state index is 0.548. The monoisotopic (exact) mass is 244 g/mol. The van der Waals surface area contributed by atoms with Crippen LogP contribution in [0.25, 0.3) is 11.3 Å². The summed E-state index contributed by atoms with van der Waals surface area (Å²) >= 11 is 0. The Morgan fingerprint density at radius 2 is 1.56 bits per heavy atom. The first-order valence-electron chi connectivity index (χ1n) is 6.03. The first-order chi connectivity index (χ1) is 8.83. The van der Waals surface area contributed by atoms with Crippen LogP contribution in [-0.4, -0.2) is 23.4 Å². The first kappa shape index (κ1) is 12.4. The Balaban J connectivity index is 2.15. The summed E-state index contributed by atoms with van der Waals surface area (Å²) in [4.78, 5) is 0. The van der Waals surface area contributed by atoms with Crippen molar-refractivity contribution in [3.63, 3.8) is 0 Å². The van der Waals surface area contributed by atoms with Gasteiger partial charge in [-0.1, -0.05) is 0 Å². The zero-order chi connectivity index (χ0) is 12.8. The zero-order valence-corrected chi connectivity index (χ0v) is 10.6. The molecule has 0 N–H and O–H groups in total. The maximum Gasteiger partial charge on any atom is 0.233 e. The second kappa shape index (κ2) is 6.00. The molecule has 0 spiro atoms. The summed E-state index contributed by atoms with van der Waals surface area (Å²) in [5.41, 5.74) is 1.83. The van der Waals surface area contributed by atoms with Crippen LogP contribution in [-0.2, 0) is 0 Å². The Hall–Kier alpha value is -2.10. The molecule has 0 aliphatic rings. The molecule has 2 aromatic rings. The minimum Gasteiger partial charge on any atom is -0.494 e. The molecule has 0 saturated carbocycles. The summed E-state index contributed by atoms with van der Waals surface area (Å²) in [6.45, 7) is 5.15. The van der Waals surface area contributed by atoms with Gasteiger partial charge in [-0.2, -0.15) is 0 Å². The molecule has 0 aliphatic heterocycles. The molecule has 0 atom stereocenters. The highest BCUT2D eigenvalue weighted by atomic mass is 16.5. The van der Waals surface area contributed by atoms with Crippen molar-refractivity contribution in [2.75, 3.05) is 13.2 Å². The van der Waals surface area contributed by atoms with Crippen LogP contribution in [0.3, 0.4) is 0 Å². The van der Waals surface area contributed by atoms with Gasteiger partial charge < -0.3 is 9.47 Å². The molecule has 4 nitrogen and oxygen atoms in total. The Bertz CT molecular complexity index is 433. The Labute approximate surface area is 107 Å². The van der Waals surface area contributed by atoms with Crippen molar-refractivity contribution in [3.8, 4) is 22.9 Å². The summed E-state index contributed by atoms with van der Waals surface area (Å²) in [7, 11) is 0. The third-order valence-electron chi connectivity index (χ3n) is 2.39. The van der Waals surface area contributed by atoms with Gasteiger partial charge in [0.25, 0.3) is 0 Å². The second-order valence-electron chi connectivity index (χ2n) is 3.65. The van der Waals surface area contributed by atoms with Gasteiger partial charge in [0.2, 0.25) is 5.88 Å². The van der Waals surface area contributed by atoms with E-state index >= 15 is 0 Å². The van der Waals surface area contributed by atoms with Crippen molar-refractivity contribution in [2.24, 2.45) is 0 Å². The molecular weight excluding hydrogens is 228 g/mol. The van der Waals surface area contributed by atoms with Crippen molar-refractivity contribution >= 4 is 0 Å². The predicted octanol–water partition coefficient (Wildman–Crippen LogP) is 2.94. The molecule has 0 fully saturated rings. The third-order valence-corrected chi connectivity index (χ3v) is 2.39. The molecule has 4 heteroatoms. The van der Waals surface area contributed by atoms with Crippen molar-refractivity contribution in [1.29, 1.82) is 0 Å². The Morgan fingerprint density at radius 1 is 0.833 bits per heavy atom. The fourth-order valence-electron chi connectivity index (χ4n) is 1.59. The summed E-state index contributed by atoms with van der Waals surface area (Å²) in [5, 5.41) is 8.13. The highest BCUT2D eigenvalue weighted by Crippen LogP contribution is 2.21. The van der Waals surface area contributed by atoms with E-state index in [9.17, 15) is 0 Å². The lowest BCUT2D eigenvalue weighted by Gasteiger charge is -2.05. The molecule has 0 amide bonds. The normalized spacial score (nSPS) is 10.1. The van der Waals surface area contributed by atoms with E-state index in [2.05, 4.69) is 10.2 Å². The molecule has 94 valence electrons. The van der Waals surface area contributed by atoms with E-state index in [1.807, 2.05) is 50.2 Å². The van der Waals surface area contributed by atoms with E-state index in [0.29, 0.717) is 19.1 Å². The molecule has 1 heterocycles. The van der Waals surface area contributed by atoms with Crippen molar-refractivity contribution in [1.82, 2.24) is 10.2 Å². The largest absolute Gasteiger partial charge is 0.494 e. The highest BCUT2D eigenvalue weighted by Gasteiger charge is 2.02. The van der Waals surface area contributed by atoms with E-state index in [0.717, 1.165) is 17.0 Å². The van der Waals surface area contributed by atoms with Crippen LogP contribution in [0.2, 0.25) is 0 Å². The number of nitrogens with zero attached hydrogens (tertiary/aromatic N) is 2. The van der Waals surface area contributed by atoms with Gasteiger partial charge in [0.15, 0.2) is 0 Å². The van der Waals surface area contributed by atoms with Crippen LogP contribution in [0, 0.1) is 0 Å². The van der Waals surface area contributed by atoms with E-state index in [1.54, 1.807) is 0 Å². The van der Waals surface area contributed by atoms with Gasteiger partial charge in [0.1, 0.15) is 5.75 Å². The molecule has 1 aromatic carbocycles. The predicted molar refractivity (Wildman–Crippen MR) is 69.8 cm³/mol. The van der Waals surface area contributed by atoms with Crippen molar-refractivity contribution < 1.29 is 9.47 Å². The summed E-state index contributed by atoms with van der Waals surface area (Å²) in [6, 6.07) is 11.5. The van der Waals surface area contributed by atoms with E-state index in [4.69, 9.17) is 9.47 Å². The molecule has 1 aromatic heterocycles. The maximum absolute atomic E-state index is 5.39. The molecule has 0 saturated heterocycles. The van der Waals surface area contributed by atoms with Crippen LogP contribution < -0.4 is 9.47 Å². The van der Waals surface area contributed by atoms with E-state index in [-0.39, 0.29) is 0 Å². The molecule has 0 aliphatic carbocycles. The van der Waals surface area contributed by atoms with Gasteiger partial charge in [0, 0.05) is 11.6 Å². The number of benzene rings is 1. The molecule has 2 rings (SSSR count). The standard InChI is InChI=1S/C14H16N2O2/c1-3-17-12-7-5-11(6-8-12)13-9-10-14(16-15-13)18-4-2/h5-10H,3-4H2,1-2H3. The van der Waals surface area contributed by atoms with E-state index in [1.165, 1.54) is 0 Å². The quantitative estimate of drug-likeness (QED) is 0.811. The van der Waals surface area contributed by atoms with Crippen LogP contribution in [0.15, 0.2) is 36.4 Å². The molecule has 0 unspecified atom stereocenters. The van der Waals surface area contributed by atoms with Crippen molar-refractivity contribution in [2.45, 2.75) is 13.8 Å². The smallest absolute Gasteiger partial charge is 0.233 e. The average molecular weight is 244 g/mol. The molecule has 18 heavy (non-hydrogen) atoms. The lowest BCUT2D eigenvalue weighted by molar-refractivity contribution is 0.323. The third kappa shape index (κ3) is 2.97. The summed E-state index contributed by atoms with van der Waals surface area (Å²) in [5.74, 6) is 1.41. The molecule has 0 radical (unpaired) electrons. The lowest BCUT2D eigenvalue weighted by atomic mass is 10.1. The first-order valence-corrected chi connectivity index (χ1v) is 6.03. The van der Waals surface area contributed by atoms with Gasteiger partial charge in [-0.05, 0) is 44.2 Å². The van der Waals surface area contributed by atoms with Crippen LogP contribution in [0.1, 0.15) is 13.8 Å². The van der Waals surface area contributed by atoms with Crippen LogP contribution in [0.5, 0.6) is 11.6 Å². The fraction of sp³-hybridized carbons (Fsp3) is 0.286. The average Bonchev–Trinajstić information content (AvgIpc) is 2.41. The number of ether oxygens (including phenoxy) is 2. The van der Waals surface area contributed by atoms with E-state index < -0.39 is 0 Å².